The molecule has 0 spiro atoms. The zero-order chi connectivity index (χ0) is 19.5. The number of hydrogen-bond acceptors (Lipinski definition) is 4. The Kier molecular flexibility index (Phi) is 5.19. The van der Waals surface area contributed by atoms with Crippen LogP contribution in [0.2, 0.25) is 0 Å². The topological polar surface area (TPSA) is 59.8 Å². The van der Waals surface area contributed by atoms with Gasteiger partial charge in [0.1, 0.15) is 5.69 Å². The molecule has 1 aromatic carbocycles. The van der Waals surface area contributed by atoms with Gasteiger partial charge in [-0.2, -0.15) is 0 Å². The van der Waals surface area contributed by atoms with Crippen molar-refractivity contribution in [1.29, 1.82) is 0 Å². The summed E-state index contributed by atoms with van der Waals surface area (Å²) in [4.78, 5) is 20.8. The van der Waals surface area contributed by atoms with Gasteiger partial charge in [-0.25, -0.2) is 14.4 Å². The number of aryl methyl sites for hydroxylation is 1. The van der Waals surface area contributed by atoms with E-state index >= 15 is 0 Å². The SMILES string of the molecule is Cc1ccn(-c2cccc(-c3nc(NC4CCCCC4)ncc3F)c2)c(=O)c1. The largest absolute Gasteiger partial charge is 0.351 e. The third-order valence-corrected chi connectivity index (χ3v) is 5.16. The van der Waals surface area contributed by atoms with E-state index in [1.807, 2.05) is 19.1 Å². The lowest BCUT2D eigenvalue weighted by molar-refractivity contribution is 0.460. The number of anilines is 1. The highest BCUT2D eigenvalue weighted by atomic mass is 19.1. The first-order valence-corrected chi connectivity index (χ1v) is 9.69. The summed E-state index contributed by atoms with van der Waals surface area (Å²) in [6.07, 6.45) is 8.75. The maximum absolute atomic E-state index is 14.5. The van der Waals surface area contributed by atoms with E-state index in [0.717, 1.165) is 18.4 Å². The average molecular weight is 378 g/mol. The Morgan fingerprint density at radius 1 is 1.14 bits per heavy atom. The molecule has 4 rings (SSSR count). The monoisotopic (exact) mass is 378 g/mol. The van der Waals surface area contributed by atoms with Crippen LogP contribution in [0.3, 0.4) is 0 Å². The molecular weight excluding hydrogens is 355 g/mol. The number of hydrogen-bond donors (Lipinski definition) is 1. The van der Waals surface area contributed by atoms with Crippen LogP contribution in [-0.4, -0.2) is 20.6 Å². The molecule has 5 nitrogen and oxygen atoms in total. The average Bonchev–Trinajstić information content (AvgIpc) is 2.70. The molecule has 0 radical (unpaired) electrons. The molecule has 6 heteroatoms. The lowest BCUT2D eigenvalue weighted by Crippen LogP contribution is -2.23. The molecular formula is C22H23FN4O. The predicted molar refractivity (Wildman–Crippen MR) is 108 cm³/mol. The van der Waals surface area contributed by atoms with Gasteiger partial charge in [0.15, 0.2) is 5.82 Å². The van der Waals surface area contributed by atoms with Gasteiger partial charge in [-0.05, 0) is 43.5 Å². The fourth-order valence-electron chi connectivity index (χ4n) is 3.66. The number of aromatic nitrogens is 3. The molecule has 28 heavy (non-hydrogen) atoms. The van der Waals surface area contributed by atoms with Crippen molar-refractivity contribution in [2.24, 2.45) is 0 Å². The first-order chi connectivity index (χ1) is 13.6. The van der Waals surface area contributed by atoms with E-state index < -0.39 is 5.82 Å². The molecule has 0 saturated heterocycles. The molecule has 144 valence electrons. The van der Waals surface area contributed by atoms with E-state index in [-0.39, 0.29) is 11.3 Å². The maximum atomic E-state index is 14.5. The minimum Gasteiger partial charge on any atom is -0.351 e. The number of pyridine rings is 1. The molecule has 1 aliphatic rings. The summed E-state index contributed by atoms with van der Waals surface area (Å²) in [5.74, 6) is -0.0381. The van der Waals surface area contributed by atoms with E-state index in [4.69, 9.17) is 0 Å². The van der Waals surface area contributed by atoms with E-state index in [9.17, 15) is 9.18 Å². The van der Waals surface area contributed by atoms with Crippen molar-refractivity contribution in [3.05, 3.63) is 70.5 Å². The Bertz CT molecular complexity index is 1040. The summed E-state index contributed by atoms with van der Waals surface area (Å²) in [6.45, 7) is 1.87. The van der Waals surface area contributed by atoms with Gasteiger partial charge >= 0.3 is 0 Å². The number of nitrogens with one attached hydrogen (secondary N) is 1. The van der Waals surface area contributed by atoms with Gasteiger partial charge in [-0.1, -0.05) is 31.4 Å². The summed E-state index contributed by atoms with van der Waals surface area (Å²) in [6, 6.07) is 11.0. The van der Waals surface area contributed by atoms with E-state index in [2.05, 4.69) is 15.3 Å². The van der Waals surface area contributed by atoms with Gasteiger partial charge in [0.25, 0.3) is 5.56 Å². The maximum Gasteiger partial charge on any atom is 0.255 e. The van der Waals surface area contributed by atoms with Crippen LogP contribution in [0.25, 0.3) is 16.9 Å². The standard InChI is InChI=1S/C22H23FN4O/c1-15-10-11-27(20(28)12-15)18-9-5-6-16(13-18)21-19(23)14-24-22(26-21)25-17-7-3-2-4-8-17/h5-6,9-14,17H,2-4,7-8H2,1H3,(H,24,25,26). The van der Waals surface area contributed by atoms with Crippen molar-refractivity contribution in [3.8, 4) is 16.9 Å². The molecule has 1 N–H and O–H groups in total. The Labute approximate surface area is 163 Å². The van der Waals surface area contributed by atoms with Crippen molar-refractivity contribution in [2.75, 3.05) is 5.32 Å². The van der Waals surface area contributed by atoms with Crippen molar-refractivity contribution in [1.82, 2.24) is 14.5 Å². The van der Waals surface area contributed by atoms with Crippen LogP contribution in [0.1, 0.15) is 37.7 Å². The molecule has 2 aromatic heterocycles. The van der Waals surface area contributed by atoms with Crippen molar-refractivity contribution >= 4 is 5.95 Å². The van der Waals surface area contributed by atoms with Crippen LogP contribution in [0.5, 0.6) is 0 Å². The second-order valence-corrected chi connectivity index (χ2v) is 7.33. The smallest absolute Gasteiger partial charge is 0.255 e. The molecule has 1 saturated carbocycles. The molecule has 2 heterocycles. The molecule has 0 aliphatic heterocycles. The summed E-state index contributed by atoms with van der Waals surface area (Å²) >= 11 is 0. The molecule has 0 atom stereocenters. The van der Waals surface area contributed by atoms with Crippen LogP contribution in [-0.2, 0) is 0 Å². The number of rotatable bonds is 4. The summed E-state index contributed by atoms with van der Waals surface area (Å²) in [7, 11) is 0. The normalized spacial score (nSPS) is 14.8. The van der Waals surface area contributed by atoms with Gasteiger partial charge in [0.05, 0.1) is 6.20 Å². The second-order valence-electron chi connectivity index (χ2n) is 7.33. The van der Waals surface area contributed by atoms with E-state index in [1.165, 1.54) is 30.0 Å². The minimum absolute atomic E-state index is 0.125. The number of nitrogens with zero attached hydrogens (tertiary/aromatic N) is 3. The molecule has 0 amide bonds. The fraction of sp³-hybridized carbons (Fsp3) is 0.318. The van der Waals surface area contributed by atoms with Crippen LogP contribution >= 0.6 is 0 Å². The van der Waals surface area contributed by atoms with Gasteiger partial charge < -0.3 is 5.32 Å². The van der Waals surface area contributed by atoms with Crippen molar-refractivity contribution in [3.63, 3.8) is 0 Å². The highest BCUT2D eigenvalue weighted by Gasteiger charge is 2.16. The van der Waals surface area contributed by atoms with Gasteiger partial charge in [-0.15, -0.1) is 0 Å². The Morgan fingerprint density at radius 2 is 1.96 bits per heavy atom. The lowest BCUT2D eigenvalue weighted by Gasteiger charge is -2.22. The predicted octanol–water partition coefficient (Wildman–Crippen LogP) is 4.49. The molecule has 0 unspecified atom stereocenters. The number of halogens is 1. The Balaban J connectivity index is 1.67. The quantitative estimate of drug-likeness (QED) is 0.727. The zero-order valence-electron chi connectivity index (χ0n) is 15.9. The molecule has 0 bridgehead atoms. The molecule has 3 aromatic rings. The summed E-state index contributed by atoms with van der Waals surface area (Å²) in [5, 5.41) is 3.34. The highest BCUT2D eigenvalue weighted by molar-refractivity contribution is 5.63. The third kappa shape index (κ3) is 3.96. The Hall–Kier alpha value is -3.02. The van der Waals surface area contributed by atoms with Gasteiger partial charge in [0, 0.05) is 29.6 Å². The van der Waals surface area contributed by atoms with Crippen molar-refractivity contribution < 1.29 is 4.39 Å². The Morgan fingerprint density at radius 3 is 2.75 bits per heavy atom. The third-order valence-electron chi connectivity index (χ3n) is 5.16. The van der Waals surface area contributed by atoms with Gasteiger partial charge in [-0.3, -0.25) is 9.36 Å². The first kappa shape index (κ1) is 18.3. The fourth-order valence-corrected chi connectivity index (χ4v) is 3.66. The zero-order valence-corrected chi connectivity index (χ0v) is 15.9. The second kappa shape index (κ2) is 7.92. The lowest BCUT2D eigenvalue weighted by atomic mass is 9.96. The summed E-state index contributed by atoms with van der Waals surface area (Å²) < 4.78 is 16.0. The first-order valence-electron chi connectivity index (χ1n) is 9.69. The van der Waals surface area contributed by atoms with Crippen LogP contribution in [0, 0.1) is 12.7 Å². The highest BCUT2D eigenvalue weighted by Crippen LogP contribution is 2.25. The van der Waals surface area contributed by atoms with Crippen LogP contribution in [0.4, 0.5) is 10.3 Å². The minimum atomic E-state index is -0.484. The molecule has 1 aliphatic carbocycles. The van der Waals surface area contributed by atoms with Crippen LogP contribution < -0.4 is 10.9 Å². The van der Waals surface area contributed by atoms with E-state index in [1.54, 1.807) is 30.5 Å². The molecule has 1 fully saturated rings. The van der Waals surface area contributed by atoms with Crippen molar-refractivity contribution in [2.45, 2.75) is 45.1 Å². The van der Waals surface area contributed by atoms with E-state index in [0.29, 0.717) is 23.2 Å². The number of benzene rings is 1. The van der Waals surface area contributed by atoms with Crippen LogP contribution in [0.15, 0.2) is 53.6 Å². The summed E-state index contributed by atoms with van der Waals surface area (Å²) in [5.41, 5.74) is 2.28. The van der Waals surface area contributed by atoms with Gasteiger partial charge in [0.2, 0.25) is 5.95 Å².